The van der Waals surface area contributed by atoms with E-state index in [1.54, 1.807) is 24.3 Å². The van der Waals surface area contributed by atoms with Gasteiger partial charge in [0.2, 0.25) is 0 Å². The lowest BCUT2D eigenvalue weighted by molar-refractivity contribution is 0.316. The van der Waals surface area contributed by atoms with Crippen LogP contribution in [0.5, 0.6) is 5.75 Å². The van der Waals surface area contributed by atoms with Crippen LogP contribution in [0.3, 0.4) is 0 Å². The van der Waals surface area contributed by atoms with Gasteiger partial charge in [-0.15, -0.1) is 0 Å². The van der Waals surface area contributed by atoms with Gasteiger partial charge in [-0.25, -0.2) is 0 Å². The number of fused-ring (bicyclic) bond motifs is 1. The molecular weight excluding hydrogens is 216 g/mol. The third-order valence-corrected chi connectivity index (χ3v) is 2.18. The summed E-state index contributed by atoms with van der Waals surface area (Å²) < 4.78 is 41.0. The van der Waals surface area contributed by atoms with Gasteiger partial charge in [-0.2, -0.15) is 0 Å². The van der Waals surface area contributed by atoms with Crippen LogP contribution in [0.2, 0.25) is 0 Å². The zero-order chi connectivity index (χ0) is 11.6. The van der Waals surface area contributed by atoms with E-state index >= 15 is 0 Å². The second-order valence-corrected chi connectivity index (χ2v) is 3.50. The second-order valence-electron chi connectivity index (χ2n) is 3.50. The molecule has 0 heterocycles. The van der Waals surface area contributed by atoms with Crippen molar-refractivity contribution in [1.82, 2.24) is 0 Å². The molecule has 0 bridgehead atoms. The average molecular weight is 225 g/mol. The van der Waals surface area contributed by atoms with Crippen molar-refractivity contribution in [2.45, 2.75) is 0 Å². The molecular formula is C11H9BF3O-. The Morgan fingerprint density at radius 2 is 1.62 bits per heavy atom. The van der Waals surface area contributed by atoms with Gasteiger partial charge in [0.1, 0.15) is 5.75 Å². The third kappa shape index (κ3) is 2.48. The molecule has 84 valence electrons. The van der Waals surface area contributed by atoms with Gasteiger partial charge in [-0.05, 0) is 11.5 Å². The molecule has 2 aromatic carbocycles. The Morgan fingerprint density at radius 3 is 2.38 bits per heavy atom. The summed E-state index contributed by atoms with van der Waals surface area (Å²) in [4.78, 5) is 0. The molecule has 1 nitrogen and oxygen atoms in total. The summed E-state index contributed by atoms with van der Waals surface area (Å²) in [5.74, 6) is 0.275. The summed E-state index contributed by atoms with van der Waals surface area (Å²) in [5.41, 5.74) is 0. The van der Waals surface area contributed by atoms with Gasteiger partial charge in [0, 0.05) is 5.39 Å². The van der Waals surface area contributed by atoms with E-state index in [4.69, 9.17) is 4.74 Å². The van der Waals surface area contributed by atoms with Gasteiger partial charge in [0.25, 0.3) is 0 Å². The van der Waals surface area contributed by atoms with Crippen molar-refractivity contribution in [2.24, 2.45) is 0 Å². The summed E-state index contributed by atoms with van der Waals surface area (Å²) >= 11 is 0. The topological polar surface area (TPSA) is 9.23 Å². The molecule has 0 atom stereocenters. The lowest BCUT2D eigenvalue weighted by atomic mass is 9.95. The summed E-state index contributed by atoms with van der Waals surface area (Å²) in [6, 6.07) is 12.2. The Balaban J connectivity index is 2.30. The van der Waals surface area contributed by atoms with Crippen LogP contribution in [0.15, 0.2) is 42.5 Å². The molecule has 0 unspecified atom stereocenters. The predicted molar refractivity (Wildman–Crippen MR) is 58.5 cm³/mol. The minimum Gasteiger partial charge on any atom is -0.521 e. The van der Waals surface area contributed by atoms with Gasteiger partial charge < -0.3 is 17.7 Å². The summed E-state index contributed by atoms with van der Waals surface area (Å²) in [6.07, 6.45) is 0. The van der Waals surface area contributed by atoms with E-state index in [0.717, 1.165) is 5.39 Å². The largest absolute Gasteiger partial charge is 0.521 e. The van der Waals surface area contributed by atoms with E-state index in [1.165, 1.54) is 0 Å². The molecule has 0 saturated heterocycles. The number of ether oxygens (including phenoxy) is 1. The van der Waals surface area contributed by atoms with E-state index in [0.29, 0.717) is 5.39 Å². The highest BCUT2D eigenvalue weighted by Crippen LogP contribution is 2.26. The zero-order valence-electron chi connectivity index (χ0n) is 8.37. The van der Waals surface area contributed by atoms with Crippen molar-refractivity contribution in [2.75, 3.05) is 6.51 Å². The molecule has 16 heavy (non-hydrogen) atoms. The van der Waals surface area contributed by atoms with E-state index in [2.05, 4.69) is 0 Å². The minimum atomic E-state index is -4.91. The zero-order valence-corrected chi connectivity index (χ0v) is 8.37. The number of halogens is 3. The second kappa shape index (κ2) is 4.08. The number of hydrogen-bond donors (Lipinski definition) is 0. The van der Waals surface area contributed by atoms with E-state index < -0.39 is 13.5 Å². The van der Waals surface area contributed by atoms with Crippen LogP contribution < -0.4 is 4.74 Å². The number of rotatable bonds is 3. The first-order valence-corrected chi connectivity index (χ1v) is 4.88. The molecule has 5 heteroatoms. The third-order valence-electron chi connectivity index (χ3n) is 2.18. The molecule has 0 aliphatic rings. The first kappa shape index (κ1) is 10.9. The van der Waals surface area contributed by atoms with Crippen LogP contribution in [-0.2, 0) is 0 Å². The maximum absolute atomic E-state index is 12.1. The first-order chi connectivity index (χ1) is 7.56. The molecule has 0 radical (unpaired) electrons. The number of hydrogen-bond acceptors (Lipinski definition) is 1. The molecule has 0 saturated carbocycles. The van der Waals surface area contributed by atoms with Crippen molar-refractivity contribution in [3.63, 3.8) is 0 Å². The maximum Gasteiger partial charge on any atom is 0.515 e. The smallest absolute Gasteiger partial charge is 0.515 e. The van der Waals surface area contributed by atoms with Crippen molar-refractivity contribution in [1.29, 1.82) is 0 Å². The van der Waals surface area contributed by atoms with Crippen molar-refractivity contribution in [3.05, 3.63) is 42.5 Å². The van der Waals surface area contributed by atoms with Gasteiger partial charge in [0.05, 0.1) is 6.51 Å². The Labute approximate surface area is 90.9 Å². The van der Waals surface area contributed by atoms with E-state index in [-0.39, 0.29) is 5.75 Å². The Bertz CT molecular complexity index is 491. The Kier molecular flexibility index (Phi) is 2.77. The predicted octanol–water partition coefficient (Wildman–Crippen LogP) is 3.61. The fourth-order valence-electron chi connectivity index (χ4n) is 1.51. The van der Waals surface area contributed by atoms with Crippen LogP contribution >= 0.6 is 0 Å². The standard InChI is InChI=1S/C11H9BF3O/c13-12(14,15)8-16-11-7-3-5-9-4-1-2-6-10(9)11/h1-7H,8H2/q-1. The SMILES string of the molecule is F[B-](F)(F)COc1cccc2ccccc12. The highest BCUT2D eigenvalue weighted by molar-refractivity contribution is 6.58. The highest BCUT2D eigenvalue weighted by Gasteiger charge is 2.24. The quantitative estimate of drug-likeness (QED) is 0.725. The Morgan fingerprint density at radius 1 is 0.938 bits per heavy atom. The fourth-order valence-corrected chi connectivity index (χ4v) is 1.51. The molecule has 0 aromatic heterocycles. The van der Waals surface area contributed by atoms with Crippen LogP contribution in [0.4, 0.5) is 12.9 Å². The van der Waals surface area contributed by atoms with E-state index in [1.807, 2.05) is 18.2 Å². The fraction of sp³-hybridized carbons (Fsp3) is 0.0909. The van der Waals surface area contributed by atoms with Gasteiger partial charge in [-0.3, -0.25) is 0 Å². The van der Waals surface area contributed by atoms with Gasteiger partial charge in [0.15, 0.2) is 0 Å². The molecule has 0 aliphatic carbocycles. The maximum atomic E-state index is 12.1. The van der Waals surface area contributed by atoms with Crippen LogP contribution in [-0.4, -0.2) is 13.5 Å². The molecule has 0 fully saturated rings. The lowest BCUT2D eigenvalue weighted by Gasteiger charge is -2.16. The molecule has 2 aromatic rings. The summed E-state index contributed by atoms with van der Waals surface area (Å²) in [7, 11) is 0. The average Bonchev–Trinajstić information content (AvgIpc) is 2.25. The van der Waals surface area contributed by atoms with Crippen molar-refractivity contribution >= 4 is 17.7 Å². The van der Waals surface area contributed by atoms with Crippen LogP contribution in [0.25, 0.3) is 10.8 Å². The van der Waals surface area contributed by atoms with E-state index in [9.17, 15) is 12.9 Å². The molecule has 0 spiro atoms. The van der Waals surface area contributed by atoms with Crippen LogP contribution in [0.1, 0.15) is 0 Å². The highest BCUT2D eigenvalue weighted by atomic mass is 19.4. The lowest BCUT2D eigenvalue weighted by Crippen LogP contribution is -2.26. The molecule has 2 rings (SSSR count). The van der Waals surface area contributed by atoms with Gasteiger partial charge >= 0.3 is 6.98 Å². The van der Waals surface area contributed by atoms with Crippen LogP contribution in [0, 0.1) is 0 Å². The van der Waals surface area contributed by atoms with Crippen molar-refractivity contribution in [3.8, 4) is 5.75 Å². The molecule has 0 aliphatic heterocycles. The molecule has 0 N–H and O–H groups in total. The van der Waals surface area contributed by atoms with Gasteiger partial charge in [-0.1, -0.05) is 36.4 Å². The first-order valence-electron chi connectivity index (χ1n) is 4.88. The Hall–Kier alpha value is -1.65. The molecule has 0 amide bonds. The monoisotopic (exact) mass is 225 g/mol. The summed E-state index contributed by atoms with van der Waals surface area (Å²) in [5, 5.41) is 1.57. The number of benzene rings is 2. The van der Waals surface area contributed by atoms with Crippen molar-refractivity contribution < 1.29 is 17.7 Å². The minimum absolute atomic E-state index is 0.275. The summed E-state index contributed by atoms with van der Waals surface area (Å²) in [6.45, 7) is -6.11. The normalized spacial score (nSPS) is 11.7.